The maximum atomic E-state index is 8.61. The summed E-state index contributed by atoms with van der Waals surface area (Å²) in [6, 6.07) is 5.14. The molecule has 1 aromatic carbocycles. The van der Waals surface area contributed by atoms with Gasteiger partial charge in [-0.05, 0) is 37.0 Å². The highest BCUT2D eigenvalue weighted by atomic mass is 35.5. The largest absolute Gasteiger partial charge is 0.492 e. The standard InChI is InChI=1S/C14H19ClN2O2/c15-12-8-11(14(16)17-18)6-7-13(12)19-9-10-4-2-1-3-5-10/h6-8,10,18H,1-5,9H2,(H2,16,17). The quantitative estimate of drug-likeness (QED) is 0.385. The van der Waals surface area contributed by atoms with Crippen molar-refractivity contribution in [1.82, 2.24) is 0 Å². The van der Waals surface area contributed by atoms with E-state index in [1.807, 2.05) is 0 Å². The first-order valence-corrected chi connectivity index (χ1v) is 6.98. The van der Waals surface area contributed by atoms with Gasteiger partial charge in [0.1, 0.15) is 5.75 Å². The summed E-state index contributed by atoms with van der Waals surface area (Å²) in [6.07, 6.45) is 6.40. The van der Waals surface area contributed by atoms with Crippen LogP contribution in [0.5, 0.6) is 5.75 Å². The van der Waals surface area contributed by atoms with Gasteiger partial charge in [0.05, 0.1) is 11.6 Å². The van der Waals surface area contributed by atoms with Crippen LogP contribution in [-0.2, 0) is 0 Å². The van der Waals surface area contributed by atoms with Crippen molar-refractivity contribution in [3.05, 3.63) is 28.8 Å². The number of amidine groups is 1. The molecular formula is C14H19ClN2O2. The Morgan fingerprint density at radius 3 is 2.74 bits per heavy atom. The molecule has 1 aromatic rings. The van der Waals surface area contributed by atoms with Crippen molar-refractivity contribution < 1.29 is 9.94 Å². The van der Waals surface area contributed by atoms with Gasteiger partial charge in [0.15, 0.2) is 5.84 Å². The first-order chi connectivity index (χ1) is 9.20. The Morgan fingerprint density at radius 1 is 1.37 bits per heavy atom. The average Bonchev–Trinajstić information content (AvgIpc) is 2.46. The summed E-state index contributed by atoms with van der Waals surface area (Å²) in [5.74, 6) is 1.33. The van der Waals surface area contributed by atoms with E-state index in [-0.39, 0.29) is 5.84 Å². The molecule has 0 unspecified atom stereocenters. The third-order valence-electron chi connectivity index (χ3n) is 3.53. The Bertz CT molecular complexity index is 457. The van der Waals surface area contributed by atoms with Gasteiger partial charge in [-0.25, -0.2) is 0 Å². The van der Waals surface area contributed by atoms with Crippen LogP contribution < -0.4 is 10.5 Å². The SMILES string of the molecule is NC(=NO)c1ccc(OCC2CCCCC2)c(Cl)c1. The number of oxime groups is 1. The fourth-order valence-corrected chi connectivity index (χ4v) is 2.63. The zero-order valence-electron chi connectivity index (χ0n) is 10.8. The number of hydrogen-bond acceptors (Lipinski definition) is 3. The third kappa shape index (κ3) is 3.77. The Balaban J connectivity index is 1.97. The highest BCUT2D eigenvalue weighted by Crippen LogP contribution is 2.28. The van der Waals surface area contributed by atoms with E-state index in [1.54, 1.807) is 18.2 Å². The van der Waals surface area contributed by atoms with Crippen molar-refractivity contribution in [2.24, 2.45) is 16.8 Å². The molecule has 1 saturated carbocycles. The van der Waals surface area contributed by atoms with Crippen molar-refractivity contribution >= 4 is 17.4 Å². The molecule has 4 nitrogen and oxygen atoms in total. The molecule has 5 heteroatoms. The molecule has 0 atom stereocenters. The summed E-state index contributed by atoms with van der Waals surface area (Å²) in [4.78, 5) is 0. The first kappa shape index (κ1) is 14.0. The molecule has 0 amide bonds. The lowest BCUT2D eigenvalue weighted by Gasteiger charge is -2.22. The van der Waals surface area contributed by atoms with Crippen molar-refractivity contribution in [2.75, 3.05) is 6.61 Å². The summed E-state index contributed by atoms with van der Waals surface area (Å²) in [5, 5.41) is 12.0. The summed E-state index contributed by atoms with van der Waals surface area (Å²) in [6.45, 7) is 0.711. The van der Waals surface area contributed by atoms with Gasteiger partial charge in [0, 0.05) is 5.56 Å². The van der Waals surface area contributed by atoms with E-state index >= 15 is 0 Å². The monoisotopic (exact) mass is 282 g/mol. The molecule has 104 valence electrons. The molecule has 1 aliphatic rings. The van der Waals surface area contributed by atoms with Crippen LogP contribution in [0, 0.1) is 5.92 Å². The molecule has 0 spiro atoms. The van der Waals surface area contributed by atoms with Crippen LogP contribution in [0.1, 0.15) is 37.7 Å². The van der Waals surface area contributed by atoms with E-state index < -0.39 is 0 Å². The van der Waals surface area contributed by atoms with Gasteiger partial charge < -0.3 is 15.7 Å². The van der Waals surface area contributed by atoms with Crippen molar-refractivity contribution in [3.63, 3.8) is 0 Å². The molecule has 0 radical (unpaired) electrons. The zero-order valence-corrected chi connectivity index (χ0v) is 11.6. The molecule has 0 bridgehead atoms. The van der Waals surface area contributed by atoms with E-state index in [9.17, 15) is 0 Å². The highest BCUT2D eigenvalue weighted by molar-refractivity contribution is 6.32. The van der Waals surface area contributed by atoms with Gasteiger partial charge in [0.2, 0.25) is 0 Å². The van der Waals surface area contributed by atoms with Crippen LogP contribution in [0.2, 0.25) is 5.02 Å². The molecule has 0 aromatic heterocycles. The first-order valence-electron chi connectivity index (χ1n) is 6.61. The lowest BCUT2D eigenvalue weighted by molar-refractivity contribution is 0.209. The van der Waals surface area contributed by atoms with E-state index in [0.29, 0.717) is 28.9 Å². The highest BCUT2D eigenvalue weighted by Gasteiger charge is 2.15. The molecule has 0 heterocycles. The summed E-state index contributed by atoms with van der Waals surface area (Å²) in [7, 11) is 0. The molecule has 19 heavy (non-hydrogen) atoms. The second-order valence-electron chi connectivity index (χ2n) is 4.95. The molecular weight excluding hydrogens is 264 g/mol. The smallest absolute Gasteiger partial charge is 0.170 e. The topological polar surface area (TPSA) is 67.8 Å². The second-order valence-corrected chi connectivity index (χ2v) is 5.35. The summed E-state index contributed by atoms with van der Waals surface area (Å²) >= 11 is 6.13. The Hall–Kier alpha value is -1.42. The van der Waals surface area contributed by atoms with Crippen molar-refractivity contribution in [2.45, 2.75) is 32.1 Å². The third-order valence-corrected chi connectivity index (χ3v) is 3.83. The van der Waals surface area contributed by atoms with Crippen LogP contribution in [0.3, 0.4) is 0 Å². The molecule has 0 aliphatic heterocycles. The maximum absolute atomic E-state index is 8.61. The van der Waals surface area contributed by atoms with Crippen molar-refractivity contribution in [3.8, 4) is 5.75 Å². The van der Waals surface area contributed by atoms with Crippen LogP contribution >= 0.6 is 11.6 Å². The normalized spacial score (nSPS) is 17.4. The van der Waals surface area contributed by atoms with Crippen LogP contribution in [0.4, 0.5) is 0 Å². The van der Waals surface area contributed by atoms with Gasteiger partial charge >= 0.3 is 0 Å². The fraction of sp³-hybridized carbons (Fsp3) is 0.500. The number of rotatable bonds is 4. The van der Waals surface area contributed by atoms with Gasteiger partial charge in [-0.1, -0.05) is 36.0 Å². The van der Waals surface area contributed by atoms with Crippen LogP contribution in [0.25, 0.3) is 0 Å². The van der Waals surface area contributed by atoms with E-state index in [0.717, 1.165) is 0 Å². The molecule has 2 rings (SSSR count). The number of benzene rings is 1. The lowest BCUT2D eigenvalue weighted by Crippen LogP contribution is -2.16. The van der Waals surface area contributed by atoms with E-state index in [4.69, 9.17) is 27.3 Å². The Labute approximate surface area is 118 Å². The molecule has 1 fully saturated rings. The number of halogens is 1. The molecule has 1 aliphatic carbocycles. The number of hydrogen-bond donors (Lipinski definition) is 2. The molecule has 3 N–H and O–H groups in total. The minimum absolute atomic E-state index is 0.0423. The van der Waals surface area contributed by atoms with Gasteiger partial charge in [-0.15, -0.1) is 0 Å². The van der Waals surface area contributed by atoms with Crippen LogP contribution in [-0.4, -0.2) is 17.6 Å². The number of nitrogens with two attached hydrogens (primary N) is 1. The minimum atomic E-state index is 0.0423. The van der Waals surface area contributed by atoms with Gasteiger partial charge in [-0.3, -0.25) is 0 Å². The second kappa shape index (κ2) is 6.66. The average molecular weight is 283 g/mol. The van der Waals surface area contributed by atoms with E-state index in [2.05, 4.69) is 5.16 Å². The summed E-state index contributed by atoms with van der Waals surface area (Å²) < 4.78 is 5.77. The summed E-state index contributed by atoms with van der Waals surface area (Å²) in [5.41, 5.74) is 6.09. The fourth-order valence-electron chi connectivity index (χ4n) is 2.40. The van der Waals surface area contributed by atoms with E-state index in [1.165, 1.54) is 32.1 Å². The maximum Gasteiger partial charge on any atom is 0.170 e. The Morgan fingerprint density at radius 2 is 2.11 bits per heavy atom. The lowest BCUT2D eigenvalue weighted by atomic mass is 9.90. The number of ether oxygens (including phenoxy) is 1. The number of nitrogens with zero attached hydrogens (tertiary/aromatic N) is 1. The Kier molecular flexibility index (Phi) is 4.91. The molecule has 0 saturated heterocycles. The predicted molar refractivity (Wildman–Crippen MR) is 76.0 cm³/mol. The van der Waals surface area contributed by atoms with Crippen molar-refractivity contribution in [1.29, 1.82) is 0 Å². The minimum Gasteiger partial charge on any atom is -0.492 e. The van der Waals surface area contributed by atoms with Gasteiger partial charge in [-0.2, -0.15) is 0 Å². The van der Waals surface area contributed by atoms with Crippen LogP contribution in [0.15, 0.2) is 23.4 Å². The van der Waals surface area contributed by atoms with Gasteiger partial charge in [0.25, 0.3) is 0 Å². The zero-order chi connectivity index (χ0) is 13.7. The predicted octanol–water partition coefficient (Wildman–Crippen LogP) is 3.39.